The maximum absolute atomic E-state index is 12.1. The van der Waals surface area contributed by atoms with E-state index in [4.69, 9.17) is 5.73 Å². The minimum atomic E-state index is -3.50. The molecule has 0 atom stereocenters. The summed E-state index contributed by atoms with van der Waals surface area (Å²) in [6.45, 7) is 4.10. The van der Waals surface area contributed by atoms with Crippen LogP contribution in [0, 0.1) is 0 Å². The summed E-state index contributed by atoms with van der Waals surface area (Å²) in [6.07, 6.45) is 0.830. The molecule has 0 aliphatic carbocycles. The molecule has 0 aliphatic rings. The van der Waals surface area contributed by atoms with E-state index in [0.29, 0.717) is 11.5 Å². The van der Waals surface area contributed by atoms with Crippen LogP contribution in [0.2, 0.25) is 0 Å². The highest BCUT2D eigenvalue weighted by molar-refractivity contribution is 7.91. The van der Waals surface area contributed by atoms with Crippen molar-refractivity contribution in [2.75, 3.05) is 30.5 Å². The number of rotatable bonds is 6. The number of anilines is 2. The Balaban J connectivity index is 3.40. The SMILES string of the molecule is CCCNc1sc(C(=O)OC)c(N)c1S(=O)(=O)CC. The Kier molecular flexibility index (Phi) is 5.19. The molecule has 8 heteroatoms. The minimum absolute atomic E-state index is 0.00819. The molecule has 0 aliphatic heterocycles. The Morgan fingerprint density at radius 3 is 2.53 bits per heavy atom. The van der Waals surface area contributed by atoms with Crippen molar-refractivity contribution in [1.82, 2.24) is 0 Å². The van der Waals surface area contributed by atoms with E-state index >= 15 is 0 Å². The van der Waals surface area contributed by atoms with Gasteiger partial charge in [0.1, 0.15) is 14.8 Å². The van der Waals surface area contributed by atoms with Gasteiger partial charge in [-0.15, -0.1) is 11.3 Å². The van der Waals surface area contributed by atoms with Gasteiger partial charge in [-0.2, -0.15) is 0 Å². The Morgan fingerprint density at radius 1 is 1.42 bits per heavy atom. The fourth-order valence-corrected chi connectivity index (χ4v) is 4.09. The number of nitrogens with two attached hydrogens (primary N) is 1. The lowest BCUT2D eigenvalue weighted by Gasteiger charge is -2.06. The molecule has 0 saturated heterocycles. The zero-order chi connectivity index (χ0) is 14.6. The van der Waals surface area contributed by atoms with E-state index in [2.05, 4.69) is 10.1 Å². The van der Waals surface area contributed by atoms with E-state index in [-0.39, 0.29) is 21.2 Å². The fourth-order valence-electron chi connectivity index (χ4n) is 1.48. The van der Waals surface area contributed by atoms with Crippen LogP contribution in [-0.4, -0.2) is 33.8 Å². The third kappa shape index (κ3) is 3.19. The molecule has 1 aromatic heterocycles. The van der Waals surface area contributed by atoms with Crippen LogP contribution >= 0.6 is 11.3 Å². The molecule has 1 rings (SSSR count). The van der Waals surface area contributed by atoms with Crippen molar-refractivity contribution in [3.63, 3.8) is 0 Å². The topological polar surface area (TPSA) is 98.5 Å². The van der Waals surface area contributed by atoms with E-state index in [1.54, 1.807) is 0 Å². The Labute approximate surface area is 116 Å². The molecule has 3 N–H and O–H groups in total. The first-order valence-corrected chi connectivity index (χ1v) is 8.33. The summed E-state index contributed by atoms with van der Waals surface area (Å²) in [5.41, 5.74) is 5.77. The van der Waals surface area contributed by atoms with Gasteiger partial charge >= 0.3 is 5.97 Å². The van der Waals surface area contributed by atoms with Crippen LogP contribution in [-0.2, 0) is 14.6 Å². The van der Waals surface area contributed by atoms with Crippen molar-refractivity contribution in [3.05, 3.63) is 4.88 Å². The smallest absolute Gasteiger partial charge is 0.350 e. The van der Waals surface area contributed by atoms with E-state index in [1.165, 1.54) is 14.0 Å². The fraction of sp³-hybridized carbons (Fsp3) is 0.545. The van der Waals surface area contributed by atoms with E-state index in [1.807, 2.05) is 6.92 Å². The number of methoxy groups -OCH3 is 1. The van der Waals surface area contributed by atoms with Gasteiger partial charge in [-0.05, 0) is 6.42 Å². The van der Waals surface area contributed by atoms with Crippen LogP contribution in [0.1, 0.15) is 29.9 Å². The van der Waals surface area contributed by atoms with Crippen LogP contribution in [0.25, 0.3) is 0 Å². The number of sulfone groups is 1. The molecule has 1 aromatic rings. The van der Waals surface area contributed by atoms with Crippen molar-refractivity contribution in [1.29, 1.82) is 0 Å². The molecule has 0 spiro atoms. The summed E-state index contributed by atoms with van der Waals surface area (Å²) < 4.78 is 28.7. The van der Waals surface area contributed by atoms with Crippen LogP contribution in [0.3, 0.4) is 0 Å². The lowest BCUT2D eigenvalue weighted by Crippen LogP contribution is -2.10. The van der Waals surface area contributed by atoms with Crippen molar-refractivity contribution in [2.45, 2.75) is 25.2 Å². The first-order valence-electron chi connectivity index (χ1n) is 5.86. The second-order valence-electron chi connectivity index (χ2n) is 3.82. The lowest BCUT2D eigenvalue weighted by atomic mass is 10.4. The van der Waals surface area contributed by atoms with Gasteiger partial charge in [0.25, 0.3) is 0 Å². The van der Waals surface area contributed by atoms with Gasteiger partial charge in [0.15, 0.2) is 9.84 Å². The molecule has 0 bridgehead atoms. The van der Waals surface area contributed by atoms with Gasteiger partial charge in [0, 0.05) is 6.54 Å². The van der Waals surface area contributed by atoms with Gasteiger partial charge in [-0.1, -0.05) is 13.8 Å². The Morgan fingerprint density at radius 2 is 2.05 bits per heavy atom. The molecule has 1 heterocycles. The zero-order valence-electron chi connectivity index (χ0n) is 11.1. The number of nitrogen functional groups attached to an aromatic ring is 1. The summed E-state index contributed by atoms with van der Waals surface area (Å²) in [4.78, 5) is 11.7. The van der Waals surface area contributed by atoms with E-state index in [0.717, 1.165) is 17.8 Å². The maximum atomic E-state index is 12.1. The van der Waals surface area contributed by atoms with Crippen LogP contribution in [0.5, 0.6) is 0 Å². The van der Waals surface area contributed by atoms with Crippen molar-refractivity contribution < 1.29 is 17.9 Å². The number of nitrogens with one attached hydrogen (secondary N) is 1. The predicted octanol–water partition coefficient (Wildman–Crippen LogP) is 1.73. The molecule has 0 amide bonds. The quantitative estimate of drug-likeness (QED) is 0.777. The van der Waals surface area contributed by atoms with Crippen LogP contribution in [0.4, 0.5) is 10.7 Å². The van der Waals surface area contributed by atoms with Crippen molar-refractivity contribution in [3.8, 4) is 0 Å². The standard InChI is InChI=1S/C11H18N2O4S2/c1-4-6-13-10-9(19(15,16)5-2)7(12)8(18-10)11(14)17-3/h13H,4-6,12H2,1-3H3. The number of hydrogen-bond acceptors (Lipinski definition) is 7. The normalized spacial score (nSPS) is 11.3. The van der Waals surface area contributed by atoms with Gasteiger partial charge < -0.3 is 15.8 Å². The third-order valence-corrected chi connectivity index (χ3v) is 5.58. The van der Waals surface area contributed by atoms with Crippen molar-refractivity contribution in [2.24, 2.45) is 0 Å². The average Bonchev–Trinajstić information content (AvgIpc) is 2.73. The second kappa shape index (κ2) is 6.25. The number of carbonyl (C=O) groups is 1. The first kappa shape index (κ1) is 15.8. The largest absolute Gasteiger partial charge is 0.465 e. The number of esters is 1. The van der Waals surface area contributed by atoms with E-state index < -0.39 is 15.8 Å². The molecular formula is C11H18N2O4S2. The molecule has 0 radical (unpaired) electrons. The third-order valence-electron chi connectivity index (χ3n) is 2.50. The van der Waals surface area contributed by atoms with E-state index in [9.17, 15) is 13.2 Å². The Hall–Kier alpha value is -1.28. The molecule has 19 heavy (non-hydrogen) atoms. The van der Waals surface area contributed by atoms with Crippen molar-refractivity contribution >= 4 is 37.8 Å². The molecule has 0 unspecified atom stereocenters. The summed E-state index contributed by atoms with van der Waals surface area (Å²) >= 11 is 1.01. The first-order chi connectivity index (χ1) is 8.88. The summed E-state index contributed by atoms with van der Waals surface area (Å²) in [7, 11) is -2.26. The molecular weight excluding hydrogens is 288 g/mol. The van der Waals surface area contributed by atoms with Gasteiger partial charge in [0.2, 0.25) is 0 Å². The lowest BCUT2D eigenvalue weighted by molar-refractivity contribution is 0.0607. The average molecular weight is 306 g/mol. The monoisotopic (exact) mass is 306 g/mol. The summed E-state index contributed by atoms with van der Waals surface area (Å²) in [5, 5.41) is 3.40. The number of hydrogen-bond donors (Lipinski definition) is 2. The van der Waals surface area contributed by atoms with Crippen LogP contribution in [0.15, 0.2) is 4.90 Å². The minimum Gasteiger partial charge on any atom is -0.465 e. The summed E-state index contributed by atoms with van der Waals surface area (Å²) in [5.74, 6) is -0.699. The molecule has 0 saturated carbocycles. The zero-order valence-corrected chi connectivity index (χ0v) is 12.8. The van der Waals surface area contributed by atoms with Gasteiger partial charge in [-0.25, -0.2) is 13.2 Å². The van der Waals surface area contributed by atoms with Gasteiger partial charge in [-0.3, -0.25) is 0 Å². The predicted molar refractivity (Wildman–Crippen MR) is 76.6 cm³/mol. The molecule has 6 nitrogen and oxygen atoms in total. The molecule has 0 fully saturated rings. The molecule has 108 valence electrons. The highest BCUT2D eigenvalue weighted by Crippen LogP contribution is 2.40. The number of thiophene rings is 1. The van der Waals surface area contributed by atoms with Gasteiger partial charge in [0.05, 0.1) is 18.6 Å². The summed E-state index contributed by atoms with van der Waals surface area (Å²) in [6, 6.07) is 0. The molecule has 0 aromatic carbocycles. The number of ether oxygens (including phenoxy) is 1. The Bertz CT molecular complexity index is 563. The second-order valence-corrected chi connectivity index (χ2v) is 7.06. The maximum Gasteiger partial charge on any atom is 0.350 e. The van der Waals surface area contributed by atoms with Crippen LogP contribution < -0.4 is 11.1 Å². The highest BCUT2D eigenvalue weighted by atomic mass is 32.2. The highest BCUT2D eigenvalue weighted by Gasteiger charge is 2.28. The number of carbonyl (C=O) groups excluding carboxylic acids is 1.